The van der Waals surface area contributed by atoms with E-state index in [0.29, 0.717) is 22.1 Å². The van der Waals surface area contributed by atoms with Gasteiger partial charge in [0.25, 0.3) is 11.8 Å². The molecule has 1 aromatic heterocycles. The van der Waals surface area contributed by atoms with Gasteiger partial charge in [-0.05, 0) is 54.8 Å². The summed E-state index contributed by atoms with van der Waals surface area (Å²) >= 11 is 2.76. The lowest BCUT2D eigenvalue weighted by molar-refractivity contribution is -0.118. The molecular weight excluding hydrogens is 444 g/mol. The molecule has 2 heterocycles. The summed E-state index contributed by atoms with van der Waals surface area (Å²) in [5, 5.41) is 12.6. The third kappa shape index (κ3) is 5.24. The molecule has 3 amide bonds. The molecule has 7 nitrogen and oxygen atoms in total. The summed E-state index contributed by atoms with van der Waals surface area (Å²) in [5.41, 5.74) is 1.35. The lowest BCUT2D eigenvalue weighted by atomic mass is 10.3. The SMILES string of the molecule is CC(Sc1ccc(NC(=O)c2cccs2)cc1)C(=O)NC1=NN(c2ccccc2)C(=O)C1. The van der Waals surface area contributed by atoms with Crippen LogP contribution in [0.4, 0.5) is 11.4 Å². The summed E-state index contributed by atoms with van der Waals surface area (Å²) < 4.78 is 0. The minimum atomic E-state index is -0.398. The predicted octanol–water partition coefficient (Wildman–Crippen LogP) is 4.35. The second-order valence-corrected chi connectivity index (χ2v) is 9.33. The predicted molar refractivity (Wildman–Crippen MR) is 128 cm³/mol. The van der Waals surface area contributed by atoms with Gasteiger partial charge in [0.1, 0.15) is 5.84 Å². The molecule has 3 aromatic rings. The van der Waals surface area contributed by atoms with Gasteiger partial charge in [-0.3, -0.25) is 14.4 Å². The maximum atomic E-state index is 12.6. The molecule has 9 heteroatoms. The number of hydrogen-bond donors (Lipinski definition) is 2. The van der Waals surface area contributed by atoms with Gasteiger partial charge in [-0.15, -0.1) is 23.1 Å². The molecule has 1 atom stereocenters. The minimum Gasteiger partial charge on any atom is -0.321 e. The smallest absolute Gasteiger partial charge is 0.265 e. The number of carbonyl (C=O) groups excluding carboxylic acids is 3. The van der Waals surface area contributed by atoms with E-state index in [9.17, 15) is 14.4 Å². The molecule has 162 valence electrons. The van der Waals surface area contributed by atoms with Crippen LogP contribution >= 0.6 is 23.1 Å². The lowest BCUT2D eigenvalue weighted by Gasteiger charge is -2.12. The van der Waals surface area contributed by atoms with Crippen molar-refractivity contribution in [3.63, 3.8) is 0 Å². The van der Waals surface area contributed by atoms with Crippen LogP contribution in [0.1, 0.15) is 23.0 Å². The second-order valence-electron chi connectivity index (χ2n) is 6.97. The van der Waals surface area contributed by atoms with Crippen LogP contribution in [0.5, 0.6) is 0 Å². The third-order valence-corrected chi connectivity index (χ3v) is 6.56. The molecule has 2 N–H and O–H groups in total. The van der Waals surface area contributed by atoms with E-state index in [2.05, 4.69) is 15.7 Å². The Kier molecular flexibility index (Phi) is 6.67. The van der Waals surface area contributed by atoms with E-state index in [1.54, 1.807) is 37.3 Å². The van der Waals surface area contributed by atoms with Gasteiger partial charge >= 0.3 is 0 Å². The van der Waals surface area contributed by atoms with E-state index < -0.39 is 5.25 Å². The topological polar surface area (TPSA) is 90.9 Å². The number of hydrogen-bond acceptors (Lipinski definition) is 6. The molecule has 1 aliphatic heterocycles. The van der Waals surface area contributed by atoms with Gasteiger partial charge in [0.15, 0.2) is 0 Å². The maximum Gasteiger partial charge on any atom is 0.265 e. The van der Waals surface area contributed by atoms with E-state index in [4.69, 9.17) is 0 Å². The Morgan fingerprint density at radius 3 is 2.47 bits per heavy atom. The number of anilines is 2. The summed E-state index contributed by atoms with van der Waals surface area (Å²) in [6.45, 7) is 1.79. The third-order valence-electron chi connectivity index (χ3n) is 4.58. The van der Waals surface area contributed by atoms with Crippen molar-refractivity contribution < 1.29 is 14.4 Å². The molecule has 0 bridgehead atoms. The Balaban J connectivity index is 1.32. The van der Waals surface area contributed by atoms with Gasteiger partial charge in [-0.2, -0.15) is 10.1 Å². The van der Waals surface area contributed by atoms with E-state index >= 15 is 0 Å². The van der Waals surface area contributed by atoms with Gasteiger partial charge in [0.2, 0.25) is 5.91 Å². The number of carbonyl (C=O) groups is 3. The van der Waals surface area contributed by atoms with Crippen LogP contribution in [0.3, 0.4) is 0 Å². The van der Waals surface area contributed by atoms with Crippen LogP contribution in [-0.2, 0) is 9.59 Å². The largest absolute Gasteiger partial charge is 0.321 e. The van der Waals surface area contributed by atoms with E-state index in [1.165, 1.54) is 28.1 Å². The number of amidine groups is 1. The highest BCUT2D eigenvalue weighted by atomic mass is 32.2. The fourth-order valence-electron chi connectivity index (χ4n) is 2.99. The van der Waals surface area contributed by atoms with Crippen molar-refractivity contribution in [1.82, 2.24) is 5.32 Å². The number of thiophene rings is 1. The molecule has 0 saturated heterocycles. The number of nitrogens with zero attached hydrogens (tertiary/aromatic N) is 2. The molecule has 0 fully saturated rings. The lowest BCUT2D eigenvalue weighted by Crippen LogP contribution is -2.35. The standard InChI is InChI=1S/C23H20N4O3S2/c1-15(22(29)25-20-14-21(28)27(26-20)17-6-3-2-4-7-17)32-18-11-9-16(10-12-18)24-23(30)19-8-5-13-31-19/h2-13,15H,14H2,1H3,(H,24,30)(H,25,26,29). The first kappa shape index (κ1) is 21.8. The average Bonchev–Trinajstić information content (AvgIpc) is 3.46. The number of nitrogens with one attached hydrogen (secondary N) is 2. The van der Waals surface area contributed by atoms with Crippen LogP contribution < -0.4 is 15.6 Å². The monoisotopic (exact) mass is 464 g/mol. The Morgan fingerprint density at radius 2 is 1.78 bits per heavy atom. The van der Waals surface area contributed by atoms with Crippen LogP contribution in [0.2, 0.25) is 0 Å². The maximum absolute atomic E-state index is 12.6. The second kappa shape index (κ2) is 9.80. The van der Waals surface area contributed by atoms with E-state index in [1.807, 2.05) is 41.8 Å². The van der Waals surface area contributed by atoms with Crippen molar-refractivity contribution in [2.75, 3.05) is 10.3 Å². The Bertz CT molecular complexity index is 1150. The summed E-state index contributed by atoms with van der Waals surface area (Å²) in [5.74, 6) is -0.231. The van der Waals surface area contributed by atoms with Crippen molar-refractivity contribution >= 4 is 58.0 Å². The Labute approximate surface area is 193 Å². The van der Waals surface area contributed by atoms with E-state index in [0.717, 1.165) is 4.90 Å². The molecule has 4 rings (SSSR count). The number of thioether (sulfide) groups is 1. The van der Waals surface area contributed by atoms with Gasteiger partial charge in [-0.1, -0.05) is 24.3 Å². The normalized spacial score (nSPS) is 14.1. The van der Waals surface area contributed by atoms with Crippen LogP contribution in [0.15, 0.2) is 82.1 Å². The minimum absolute atomic E-state index is 0.0522. The van der Waals surface area contributed by atoms with Crippen molar-refractivity contribution in [2.24, 2.45) is 5.10 Å². The zero-order valence-corrected chi connectivity index (χ0v) is 18.8. The molecular formula is C23H20N4O3S2. The molecule has 0 radical (unpaired) electrons. The first-order chi connectivity index (χ1) is 15.5. The molecule has 0 saturated carbocycles. The first-order valence-electron chi connectivity index (χ1n) is 9.87. The average molecular weight is 465 g/mol. The van der Waals surface area contributed by atoms with Crippen LogP contribution in [0, 0.1) is 0 Å². The van der Waals surface area contributed by atoms with Crippen LogP contribution in [-0.4, -0.2) is 28.8 Å². The summed E-state index contributed by atoms with van der Waals surface area (Å²) in [7, 11) is 0. The van der Waals surface area contributed by atoms with Crippen molar-refractivity contribution in [3.8, 4) is 0 Å². The van der Waals surface area contributed by atoms with Crippen molar-refractivity contribution in [2.45, 2.75) is 23.5 Å². The van der Waals surface area contributed by atoms with E-state index in [-0.39, 0.29) is 24.1 Å². The number of hydrazone groups is 1. The van der Waals surface area contributed by atoms with Gasteiger partial charge < -0.3 is 10.6 Å². The highest BCUT2D eigenvalue weighted by molar-refractivity contribution is 8.00. The molecule has 0 aliphatic carbocycles. The highest BCUT2D eigenvalue weighted by Gasteiger charge is 2.27. The summed E-state index contributed by atoms with van der Waals surface area (Å²) in [6.07, 6.45) is 0.0522. The summed E-state index contributed by atoms with van der Waals surface area (Å²) in [6, 6.07) is 20.0. The van der Waals surface area contributed by atoms with Crippen LogP contribution in [0.25, 0.3) is 0 Å². The van der Waals surface area contributed by atoms with Crippen molar-refractivity contribution in [1.29, 1.82) is 0 Å². The molecule has 1 unspecified atom stereocenters. The fourth-order valence-corrected chi connectivity index (χ4v) is 4.48. The zero-order chi connectivity index (χ0) is 22.5. The fraction of sp³-hybridized carbons (Fsp3) is 0.130. The number of amides is 3. The van der Waals surface area contributed by atoms with Gasteiger partial charge in [-0.25, -0.2) is 0 Å². The van der Waals surface area contributed by atoms with Gasteiger partial charge in [0, 0.05) is 10.6 Å². The number of rotatable bonds is 6. The van der Waals surface area contributed by atoms with Crippen molar-refractivity contribution in [3.05, 3.63) is 77.0 Å². The molecule has 1 aliphatic rings. The van der Waals surface area contributed by atoms with Gasteiger partial charge in [0.05, 0.1) is 22.2 Å². The Hall–Kier alpha value is -3.43. The molecule has 0 spiro atoms. The zero-order valence-electron chi connectivity index (χ0n) is 17.1. The molecule has 2 aromatic carbocycles. The number of benzene rings is 2. The highest BCUT2D eigenvalue weighted by Crippen LogP contribution is 2.26. The Morgan fingerprint density at radius 1 is 1.03 bits per heavy atom. The quantitative estimate of drug-likeness (QED) is 0.531. The molecule has 32 heavy (non-hydrogen) atoms. The summed E-state index contributed by atoms with van der Waals surface area (Å²) in [4.78, 5) is 38.5. The first-order valence-corrected chi connectivity index (χ1v) is 11.6. The number of para-hydroxylation sites is 1.